The van der Waals surface area contributed by atoms with Gasteiger partial charge in [0, 0.05) is 0 Å². The zero-order valence-corrected chi connectivity index (χ0v) is 14.9. The number of fused-ring (bicyclic) bond motifs is 1. The molecular formula is C19H19ClN2O3. The van der Waals surface area contributed by atoms with Gasteiger partial charge in [-0.15, -0.1) is 0 Å². The van der Waals surface area contributed by atoms with Gasteiger partial charge < -0.3 is 14.2 Å². The van der Waals surface area contributed by atoms with Crippen LogP contribution >= 0.6 is 11.6 Å². The lowest BCUT2D eigenvalue weighted by atomic mass is 10.2. The second kappa shape index (κ2) is 8.14. The molecule has 1 aromatic heterocycles. The highest BCUT2D eigenvalue weighted by atomic mass is 35.5. The number of aromatic nitrogens is 2. The van der Waals surface area contributed by atoms with Crippen LogP contribution in [0.4, 0.5) is 0 Å². The van der Waals surface area contributed by atoms with Crippen LogP contribution in [0.1, 0.15) is 12.5 Å². The lowest BCUT2D eigenvalue weighted by Crippen LogP contribution is -2.19. The standard InChI is InChI=1S/C19H19ClN2O3/c1-13(10-24-11-14-6-4-3-5-7-14)25-18-16(23-2)9-8-15-17(18)19(20)22-12-21-15/h3-9,12-13H,10-11H2,1-2H3/t13-/m1/s1. The quantitative estimate of drug-likeness (QED) is 0.590. The molecule has 1 atom stereocenters. The Morgan fingerprint density at radius 3 is 2.64 bits per heavy atom. The van der Waals surface area contributed by atoms with Crippen molar-refractivity contribution in [2.24, 2.45) is 0 Å². The van der Waals surface area contributed by atoms with E-state index in [0.29, 0.717) is 40.8 Å². The number of ether oxygens (including phenoxy) is 3. The van der Waals surface area contributed by atoms with Gasteiger partial charge in [0.05, 0.1) is 31.2 Å². The van der Waals surface area contributed by atoms with Crippen molar-refractivity contribution in [2.45, 2.75) is 19.6 Å². The molecule has 0 saturated heterocycles. The number of nitrogens with zero attached hydrogens (tertiary/aromatic N) is 2. The summed E-state index contributed by atoms with van der Waals surface area (Å²) in [5, 5.41) is 0.967. The van der Waals surface area contributed by atoms with Crippen LogP contribution in [0.5, 0.6) is 11.5 Å². The molecule has 0 aliphatic rings. The predicted octanol–water partition coefficient (Wildman–Crippen LogP) is 4.28. The molecule has 0 saturated carbocycles. The Morgan fingerprint density at radius 2 is 1.88 bits per heavy atom. The minimum atomic E-state index is -0.195. The van der Waals surface area contributed by atoms with Crippen molar-refractivity contribution in [3.63, 3.8) is 0 Å². The van der Waals surface area contributed by atoms with Gasteiger partial charge in [0.25, 0.3) is 0 Å². The summed E-state index contributed by atoms with van der Waals surface area (Å²) in [4.78, 5) is 8.26. The lowest BCUT2D eigenvalue weighted by molar-refractivity contribution is 0.0488. The molecule has 0 spiro atoms. The molecule has 25 heavy (non-hydrogen) atoms. The fourth-order valence-corrected chi connectivity index (χ4v) is 2.72. The van der Waals surface area contributed by atoms with Crippen molar-refractivity contribution < 1.29 is 14.2 Å². The summed E-state index contributed by atoms with van der Waals surface area (Å²) in [5.41, 5.74) is 1.82. The van der Waals surface area contributed by atoms with Gasteiger partial charge in [0.1, 0.15) is 17.6 Å². The van der Waals surface area contributed by atoms with Gasteiger partial charge in [-0.2, -0.15) is 0 Å². The van der Waals surface area contributed by atoms with E-state index in [-0.39, 0.29) is 6.10 Å². The molecule has 0 radical (unpaired) electrons. The Bertz CT molecular complexity index is 843. The number of rotatable bonds is 7. The first-order valence-electron chi connectivity index (χ1n) is 7.94. The van der Waals surface area contributed by atoms with Crippen LogP contribution in [-0.2, 0) is 11.3 Å². The number of hydrogen-bond acceptors (Lipinski definition) is 5. The van der Waals surface area contributed by atoms with Crippen LogP contribution in [0, 0.1) is 0 Å². The number of halogens is 1. The highest BCUT2D eigenvalue weighted by Gasteiger charge is 2.17. The number of hydrogen-bond donors (Lipinski definition) is 0. The van der Waals surface area contributed by atoms with Crippen molar-refractivity contribution in [3.05, 3.63) is 59.5 Å². The number of benzene rings is 2. The molecular weight excluding hydrogens is 340 g/mol. The zero-order chi connectivity index (χ0) is 17.6. The van der Waals surface area contributed by atoms with Gasteiger partial charge in [-0.05, 0) is 24.6 Å². The van der Waals surface area contributed by atoms with Crippen LogP contribution < -0.4 is 9.47 Å². The molecule has 5 nitrogen and oxygen atoms in total. The molecule has 3 aromatic rings. The maximum Gasteiger partial charge on any atom is 0.174 e. The third-order valence-electron chi connectivity index (χ3n) is 3.68. The van der Waals surface area contributed by atoms with E-state index in [1.165, 1.54) is 6.33 Å². The third kappa shape index (κ3) is 4.18. The van der Waals surface area contributed by atoms with Crippen LogP contribution in [-0.4, -0.2) is 29.8 Å². The predicted molar refractivity (Wildman–Crippen MR) is 97.3 cm³/mol. The van der Waals surface area contributed by atoms with Crippen molar-refractivity contribution in [1.29, 1.82) is 0 Å². The summed E-state index contributed by atoms with van der Waals surface area (Å²) < 4.78 is 17.2. The van der Waals surface area contributed by atoms with E-state index < -0.39 is 0 Å². The van der Waals surface area contributed by atoms with E-state index in [1.807, 2.05) is 43.3 Å². The molecule has 0 aliphatic heterocycles. The zero-order valence-electron chi connectivity index (χ0n) is 14.1. The lowest BCUT2D eigenvalue weighted by Gasteiger charge is -2.19. The summed E-state index contributed by atoms with van der Waals surface area (Å²) in [6, 6.07) is 13.6. The van der Waals surface area contributed by atoms with Crippen molar-refractivity contribution in [1.82, 2.24) is 9.97 Å². The fraction of sp³-hybridized carbons (Fsp3) is 0.263. The van der Waals surface area contributed by atoms with E-state index in [4.69, 9.17) is 25.8 Å². The van der Waals surface area contributed by atoms with Crippen molar-refractivity contribution in [3.8, 4) is 11.5 Å². The SMILES string of the molecule is COc1ccc2ncnc(Cl)c2c1O[C@H](C)COCc1ccccc1. The Kier molecular flexibility index (Phi) is 5.68. The summed E-state index contributed by atoms with van der Waals surface area (Å²) in [6.45, 7) is 2.89. The Balaban J connectivity index is 1.73. The van der Waals surface area contributed by atoms with E-state index in [9.17, 15) is 0 Å². The molecule has 1 heterocycles. The van der Waals surface area contributed by atoms with Gasteiger partial charge in [0.2, 0.25) is 0 Å². The van der Waals surface area contributed by atoms with Gasteiger partial charge >= 0.3 is 0 Å². The first kappa shape index (κ1) is 17.5. The maximum atomic E-state index is 6.24. The topological polar surface area (TPSA) is 53.5 Å². The summed E-state index contributed by atoms with van der Waals surface area (Å²) in [5.74, 6) is 1.11. The molecule has 2 aromatic carbocycles. The molecule has 0 aliphatic carbocycles. The Morgan fingerprint density at radius 1 is 1.08 bits per heavy atom. The van der Waals surface area contributed by atoms with E-state index in [2.05, 4.69) is 9.97 Å². The van der Waals surface area contributed by atoms with E-state index >= 15 is 0 Å². The van der Waals surface area contributed by atoms with Gasteiger partial charge in [0.15, 0.2) is 11.5 Å². The smallest absolute Gasteiger partial charge is 0.174 e. The largest absolute Gasteiger partial charge is 0.493 e. The van der Waals surface area contributed by atoms with Gasteiger partial charge in [-0.25, -0.2) is 9.97 Å². The van der Waals surface area contributed by atoms with Crippen LogP contribution in [0.15, 0.2) is 48.8 Å². The van der Waals surface area contributed by atoms with E-state index in [1.54, 1.807) is 13.2 Å². The number of methoxy groups -OCH3 is 1. The monoisotopic (exact) mass is 358 g/mol. The molecule has 0 bridgehead atoms. The van der Waals surface area contributed by atoms with Crippen molar-refractivity contribution >= 4 is 22.5 Å². The second-order valence-electron chi connectivity index (χ2n) is 5.58. The average molecular weight is 359 g/mol. The molecule has 3 rings (SSSR count). The van der Waals surface area contributed by atoms with Crippen LogP contribution in [0.25, 0.3) is 10.9 Å². The molecule has 0 fully saturated rings. The molecule has 0 N–H and O–H groups in total. The first-order valence-corrected chi connectivity index (χ1v) is 8.32. The maximum absolute atomic E-state index is 6.24. The van der Waals surface area contributed by atoms with Crippen molar-refractivity contribution in [2.75, 3.05) is 13.7 Å². The summed E-state index contributed by atoms with van der Waals surface area (Å²) in [7, 11) is 1.59. The highest BCUT2D eigenvalue weighted by molar-refractivity contribution is 6.34. The molecule has 130 valence electrons. The first-order chi connectivity index (χ1) is 12.2. The van der Waals surface area contributed by atoms with Gasteiger partial charge in [-0.3, -0.25) is 0 Å². The van der Waals surface area contributed by atoms with E-state index in [0.717, 1.165) is 5.56 Å². The fourth-order valence-electron chi connectivity index (χ4n) is 2.50. The molecule has 0 amide bonds. The third-order valence-corrected chi connectivity index (χ3v) is 3.96. The second-order valence-corrected chi connectivity index (χ2v) is 5.94. The summed E-state index contributed by atoms with van der Waals surface area (Å²) >= 11 is 6.24. The minimum Gasteiger partial charge on any atom is -0.493 e. The molecule has 0 unspecified atom stereocenters. The highest BCUT2D eigenvalue weighted by Crippen LogP contribution is 2.38. The molecule has 6 heteroatoms. The van der Waals surface area contributed by atoms with Crippen LogP contribution in [0.2, 0.25) is 5.15 Å². The minimum absolute atomic E-state index is 0.195. The summed E-state index contributed by atoms with van der Waals surface area (Å²) in [6.07, 6.45) is 1.23. The normalized spacial score (nSPS) is 12.1. The Labute approximate surface area is 151 Å². The average Bonchev–Trinajstić information content (AvgIpc) is 2.63. The van der Waals surface area contributed by atoms with Crippen LogP contribution in [0.3, 0.4) is 0 Å². The Hall–Kier alpha value is -2.37. The van der Waals surface area contributed by atoms with Gasteiger partial charge in [-0.1, -0.05) is 41.9 Å².